The van der Waals surface area contributed by atoms with Gasteiger partial charge in [0.1, 0.15) is 18.2 Å². The number of pyridine rings is 1. The third-order valence-electron chi connectivity index (χ3n) is 7.04. The van der Waals surface area contributed by atoms with Gasteiger partial charge in [-0.05, 0) is 76.2 Å². The van der Waals surface area contributed by atoms with Crippen molar-refractivity contribution in [2.75, 3.05) is 49.7 Å². The van der Waals surface area contributed by atoms with E-state index in [1.54, 1.807) is 12.3 Å². The van der Waals surface area contributed by atoms with Crippen molar-refractivity contribution >= 4 is 38.9 Å². The Hall–Kier alpha value is -3.28. The maximum absolute atomic E-state index is 13.1. The van der Waals surface area contributed by atoms with Crippen molar-refractivity contribution in [3.63, 3.8) is 0 Å². The molecule has 3 aromatic rings. The fourth-order valence-corrected chi connectivity index (χ4v) is 5.98. The third-order valence-corrected chi connectivity index (χ3v) is 7.93. The minimum Gasteiger partial charge on any atom is -0.491 e. The Labute approximate surface area is 253 Å². The Kier molecular flexibility index (Phi) is 9.74. The molecule has 4 rings (SSSR count). The zero-order valence-electron chi connectivity index (χ0n) is 25.3. The first-order valence-electron chi connectivity index (χ1n) is 13.9. The summed E-state index contributed by atoms with van der Waals surface area (Å²) in [6.07, 6.45) is 3.81. The fourth-order valence-electron chi connectivity index (χ4n) is 5.21. The summed E-state index contributed by atoms with van der Waals surface area (Å²) in [6.45, 7) is 10.5. The van der Waals surface area contributed by atoms with Gasteiger partial charge in [-0.25, -0.2) is 23.4 Å². The van der Waals surface area contributed by atoms with E-state index in [-0.39, 0.29) is 28.4 Å². The molecule has 0 unspecified atom stereocenters. The average molecular weight is 615 g/mol. The number of sulfonamides is 1. The Morgan fingerprint density at radius 1 is 1.17 bits per heavy atom. The molecular formula is C30H39ClN6O4S. The number of nitrogens with zero attached hydrogens (tertiary/aromatic N) is 5. The maximum atomic E-state index is 13.1. The molecule has 0 amide bonds. The SMILES string of the molecule is Cc1cc(-c2cnc(Cl)c(NS(C)(=O)=O)c2)cc2c1OCCN(c1nc(C(=O)CCCN(C)C)nc(C)c1C(C)C)C2. The van der Waals surface area contributed by atoms with Crippen LogP contribution in [-0.2, 0) is 16.6 Å². The number of carbonyl (C=O) groups is 1. The normalized spacial score (nSPS) is 13.6. The maximum Gasteiger partial charge on any atom is 0.229 e. The number of aryl methyl sites for hydroxylation is 2. The van der Waals surface area contributed by atoms with Crippen LogP contribution in [0.5, 0.6) is 5.75 Å². The number of ether oxygens (including phenoxy) is 1. The van der Waals surface area contributed by atoms with Gasteiger partial charge in [-0.1, -0.05) is 25.4 Å². The molecule has 0 saturated carbocycles. The predicted octanol–water partition coefficient (Wildman–Crippen LogP) is 5.23. The van der Waals surface area contributed by atoms with Gasteiger partial charge in [-0.15, -0.1) is 0 Å². The summed E-state index contributed by atoms with van der Waals surface area (Å²) in [4.78, 5) is 31.0. The van der Waals surface area contributed by atoms with Gasteiger partial charge in [0.15, 0.2) is 16.8 Å². The number of benzene rings is 1. The molecule has 0 aliphatic carbocycles. The Bertz CT molecular complexity index is 1590. The molecule has 0 bridgehead atoms. The van der Waals surface area contributed by atoms with E-state index in [2.05, 4.69) is 38.3 Å². The summed E-state index contributed by atoms with van der Waals surface area (Å²) in [5.41, 5.74) is 5.46. The van der Waals surface area contributed by atoms with Crippen LogP contribution in [0.25, 0.3) is 11.1 Å². The van der Waals surface area contributed by atoms with Crippen molar-refractivity contribution in [3.05, 3.63) is 57.8 Å². The van der Waals surface area contributed by atoms with E-state index in [0.29, 0.717) is 31.7 Å². The minimum absolute atomic E-state index is 0.0603. The molecule has 1 aromatic carbocycles. The van der Waals surface area contributed by atoms with Crippen LogP contribution in [0, 0.1) is 13.8 Å². The van der Waals surface area contributed by atoms with E-state index in [1.165, 1.54) is 0 Å². The molecule has 12 heteroatoms. The molecule has 0 radical (unpaired) electrons. The van der Waals surface area contributed by atoms with Gasteiger partial charge in [0.2, 0.25) is 10.0 Å². The number of hydrogen-bond acceptors (Lipinski definition) is 9. The van der Waals surface area contributed by atoms with Crippen LogP contribution in [0.4, 0.5) is 11.5 Å². The lowest BCUT2D eigenvalue weighted by Gasteiger charge is -2.26. The predicted molar refractivity (Wildman–Crippen MR) is 167 cm³/mol. The van der Waals surface area contributed by atoms with E-state index >= 15 is 0 Å². The average Bonchev–Trinajstić information content (AvgIpc) is 3.11. The monoisotopic (exact) mass is 614 g/mol. The number of fused-ring (bicyclic) bond motifs is 1. The number of carbonyl (C=O) groups excluding carboxylic acids is 1. The largest absolute Gasteiger partial charge is 0.491 e. The van der Waals surface area contributed by atoms with Crippen LogP contribution in [-0.4, -0.2) is 74.1 Å². The standard InChI is InChI=1S/C30H39ClN6O4S/c1-18(2)26-20(4)33-29(25(38)9-8-10-36(5)6)34-30(26)37-11-12-41-27-19(3)13-21(14-23(27)17-37)22-15-24(28(31)32-16-22)35-42(7,39)40/h13-16,18,35H,8-12,17H2,1-7H3. The number of aromatic nitrogens is 3. The number of anilines is 2. The molecular weight excluding hydrogens is 576 g/mol. The first-order chi connectivity index (χ1) is 19.7. The van der Waals surface area contributed by atoms with Gasteiger partial charge in [0.25, 0.3) is 0 Å². The zero-order chi connectivity index (χ0) is 30.8. The molecule has 226 valence electrons. The lowest BCUT2D eigenvalue weighted by Crippen LogP contribution is -2.29. The Morgan fingerprint density at radius 3 is 2.57 bits per heavy atom. The number of rotatable bonds is 10. The van der Waals surface area contributed by atoms with Gasteiger partial charge in [-0.3, -0.25) is 9.52 Å². The van der Waals surface area contributed by atoms with E-state index in [4.69, 9.17) is 21.3 Å². The van der Waals surface area contributed by atoms with Gasteiger partial charge >= 0.3 is 0 Å². The summed E-state index contributed by atoms with van der Waals surface area (Å²) in [5, 5.41) is 0.0672. The summed E-state index contributed by atoms with van der Waals surface area (Å²) >= 11 is 6.17. The number of hydrogen-bond donors (Lipinski definition) is 1. The van der Waals surface area contributed by atoms with Crippen molar-refractivity contribution in [1.82, 2.24) is 19.9 Å². The van der Waals surface area contributed by atoms with Crippen LogP contribution in [0.1, 0.15) is 65.6 Å². The van der Waals surface area contributed by atoms with E-state index in [1.807, 2.05) is 40.1 Å². The van der Waals surface area contributed by atoms with Gasteiger partial charge in [0, 0.05) is 41.5 Å². The number of nitrogens with one attached hydrogen (secondary N) is 1. The molecule has 0 atom stereocenters. The third kappa shape index (κ3) is 7.56. The molecule has 2 aromatic heterocycles. The zero-order valence-corrected chi connectivity index (χ0v) is 26.9. The van der Waals surface area contributed by atoms with E-state index in [9.17, 15) is 13.2 Å². The Morgan fingerprint density at radius 2 is 1.90 bits per heavy atom. The van der Waals surface area contributed by atoms with Gasteiger partial charge in [-0.2, -0.15) is 0 Å². The van der Waals surface area contributed by atoms with Gasteiger partial charge < -0.3 is 14.5 Å². The minimum atomic E-state index is -3.54. The summed E-state index contributed by atoms with van der Waals surface area (Å²) in [5.74, 6) is 1.89. The summed E-state index contributed by atoms with van der Waals surface area (Å²) in [7, 11) is 0.439. The summed E-state index contributed by atoms with van der Waals surface area (Å²) in [6, 6.07) is 5.68. The van der Waals surface area contributed by atoms with Crippen molar-refractivity contribution < 1.29 is 17.9 Å². The highest BCUT2D eigenvalue weighted by Gasteiger charge is 2.26. The van der Waals surface area contributed by atoms with Crippen LogP contribution in [0.15, 0.2) is 24.4 Å². The molecule has 0 saturated heterocycles. The lowest BCUT2D eigenvalue weighted by molar-refractivity contribution is 0.0967. The Balaban J connectivity index is 1.73. The highest BCUT2D eigenvalue weighted by atomic mass is 35.5. The first-order valence-corrected chi connectivity index (χ1v) is 16.2. The number of Topliss-reactive ketones (excluding diaryl/α,β-unsaturated/α-hetero) is 1. The second-order valence-corrected chi connectivity index (χ2v) is 13.4. The molecule has 0 spiro atoms. The number of halogens is 1. The topological polar surface area (TPSA) is 118 Å². The molecule has 0 fully saturated rings. The van der Waals surface area contributed by atoms with Crippen molar-refractivity contribution in [2.24, 2.45) is 0 Å². The van der Waals surface area contributed by atoms with E-state index in [0.717, 1.165) is 58.7 Å². The van der Waals surface area contributed by atoms with Crippen LogP contribution >= 0.6 is 11.6 Å². The van der Waals surface area contributed by atoms with Crippen LogP contribution in [0.2, 0.25) is 5.15 Å². The van der Waals surface area contributed by atoms with Crippen molar-refractivity contribution in [1.29, 1.82) is 0 Å². The molecule has 1 aliphatic rings. The number of ketones is 1. The quantitative estimate of drug-likeness (QED) is 0.242. The molecule has 42 heavy (non-hydrogen) atoms. The van der Waals surface area contributed by atoms with Crippen molar-refractivity contribution in [2.45, 2.75) is 53.0 Å². The van der Waals surface area contributed by atoms with Crippen LogP contribution < -0.4 is 14.4 Å². The van der Waals surface area contributed by atoms with Gasteiger partial charge in [0.05, 0.1) is 18.5 Å². The molecule has 1 N–H and O–H groups in total. The molecule has 1 aliphatic heterocycles. The molecule has 10 nitrogen and oxygen atoms in total. The first kappa shape index (κ1) is 31.7. The second-order valence-electron chi connectivity index (χ2n) is 11.3. The van der Waals surface area contributed by atoms with E-state index < -0.39 is 10.0 Å². The highest BCUT2D eigenvalue weighted by molar-refractivity contribution is 7.92. The summed E-state index contributed by atoms with van der Waals surface area (Å²) < 4.78 is 32.4. The molecule has 3 heterocycles. The second kappa shape index (κ2) is 12.9. The van der Waals surface area contributed by atoms with Crippen LogP contribution in [0.3, 0.4) is 0 Å². The fraction of sp³-hybridized carbons (Fsp3) is 0.467. The smallest absolute Gasteiger partial charge is 0.229 e. The lowest BCUT2D eigenvalue weighted by atomic mass is 9.98. The van der Waals surface area contributed by atoms with Crippen molar-refractivity contribution in [3.8, 4) is 16.9 Å². The highest BCUT2D eigenvalue weighted by Crippen LogP contribution is 2.37.